The molecule has 1 N–H and O–H groups in total. The first-order valence-corrected chi connectivity index (χ1v) is 12.2. The molecule has 37 heavy (non-hydrogen) atoms. The number of rotatable bonds is 8. The zero-order valence-electron chi connectivity index (χ0n) is 21.1. The summed E-state index contributed by atoms with van der Waals surface area (Å²) in [5.74, 6) is -0.330. The predicted octanol–water partition coefficient (Wildman–Crippen LogP) is 6.58. The molecule has 5 rings (SSSR count). The molecule has 3 heterocycles. The molecule has 6 nitrogen and oxygen atoms in total. The number of aryl methyl sites for hydroxylation is 1. The molecule has 0 saturated carbocycles. The zero-order chi connectivity index (χ0) is 26.1. The summed E-state index contributed by atoms with van der Waals surface area (Å²) in [4.78, 5) is 21.2. The van der Waals surface area contributed by atoms with E-state index in [2.05, 4.69) is 43.0 Å². The number of carbonyl (C=O) groups excluding carboxylic acids is 1. The maximum absolute atomic E-state index is 13.2. The fraction of sp³-hybridized carbons (Fsp3) is 0.200. The van der Waals surface area contributed by atoms with Gasteiger partial charge in [-0.1, -0.05) is 62.9 Å². The minimum absolute atomic E-state index is 0.0186. The summed E-state index contributed by atoms with van der Waals surface area (Å²) in [6, 6.07) is 17.7. The smallest absolute Gasteiger partial charge is 0.194 e. The molecular formula is C30H28FN5O. The molecule has 0 spiro atoms. The van der Waals surface area contributed by atoms with Crippen molar-refractivity contribution in [1.29, 1.82) is 0 Å². The van der Waals surface area contributed by atoms with E-state index in [1.807, 2.05) is 60.1 Å². The van der Waals surface area contributed by atoms with E-state index in [4.69, 9.17) is 9.97 Å². The van der Waals surface area contributed by atoms with Gasteiger partial charge in [0, 0.05) is 47.4 Å². The van der Waals surface area contributed by atoms with Crippen LogP contribution in [0, 0.1) is 6.92 Å². The summed E-state index contributed by atoms with van der Waals surface area (Å²) < 4.78 is 15.1. The van der Waals surface area contributed by atoms with Crippen LogP contribution in [-0.2, 0) is 17.8 Å². The summed E-state index contributed by atoms with van der Waals surface area (Å²) in [7, 11) is 0. The normalized spacial score (nSPS) is 11.4. The lowest BCUT2D eigenvalue weighted by molar-refractivity contribution is -0.116. The second-order valence-corrected chi connectivity index (χ2v) is 9.50. The zero-order valence-corrected chi connectivity index (χ0v) is 21.1. The predicted molar refractivity (Wildman–Crippen MR) is 145 cm³/mol. The van der Waals surface area contributed by atoms with Crippen molar-refractivity contribution >= 4 is 28.0 Å². The van der Waals surface area contributed by atoms with Gasteiger partial charge >= 0.3 is 0 Å². The first-order chi connectivity index (χ1) is 17.8. The third-order valence-electron chi connectivity index (χ3n) is 6.48. The van der Waals surface area contributed by atoms with E-state index in [0.717, 1.165) is 55.9 Å². The van der Waals surface area contributed by atoms with Gasteiger partial charge in [0.1, 0.15) is 5.82 Å². The molecule has 7 heteroatoms. The summed E-state index contributed by atoms with van der Waals surface area (Å²) in [6.07, 6.45) is 3.63. The van der Waals surface area contributed by atoms with Gasteiger partial charge in [0.15, 0.2) is 17.3 Å². The number of anilines is 1. The SMILES string of the molecule is C=C(F)C(=O)Cc1ccc2c(-c3ccccc3CNc3cc(C)nc4c(C(C)C)cnn34)nccc2c1. The largest absolute Gasteiger partial charge is 0.366 e. The number of fused-ring (bicyclic) bond motifs is 2. The summed E-state index contributed by atoms with van der Waals surface area (Å²) in [5, 5.41) is 10.0. The molecule has 0 saturated heterocycles. The van der Waals surface area contributed by atoms with Crippen molar-refractivity contribution in [2.75, 3.05) is 5.32 Å². The van der Waals surface area contributed by atoms with E-state index in [0.29, 0.717) is 12.5 Å². The highest BCUT2D eigenvalue weighted by Crippen LogP contribution is 2.31. The van der Waals surface area contributed by atoms with Crippen molar-refractivity contribution in [2.45, 2.75) is 39.7 Å². The van der Waals surface area contributed by atoms with Crippen LogP contribution in [0.3, 0.4) is 0 Å². The number of pyridine rings is 1. The van der Waals surface area contributed by atoms with E-state index >= 15 is 0 Å². The molecule has 0 aliphatic heterocycles. The molecule has 0 aliphatic rings. The van der Waals surface area contributed by atoms with Gasteiger partial charge in [0.25, 0.3) is 0 Å². The Balaban J connectivity index is 1.48. The minimum Gasteiger partial charge on any atom is -0.366 e. The van der Waals surface area contributed by atoms with Gasteiger partial charge in [-0.2, -0.15) is 9.61 Å². The number of hydrogen-bond donors (Lipinski definition) is 1. The van der Waals surface area contributed by atoms with Crippen LogP contribution >= 0.6 is 0 Å². The van der Waals surface area contributed by atoms with Gasteiger partial charge in [-0.25, -0.2) is 9.37 Å². The van der Waals surface area contributed by atoms with Crippen LogP contribution in [0.15, 0.2) is 79.4 Å². The van der Waals surface area contributed by atoms with Gasteiger partial charge in [-0.15, -0.1) is 0 Å². The average molecular weight is 494 g/mol. The maximum atomic E-state index is 13.2. The highest BCUT2D eigenvalue weighted by atomic mass is 19.1. The van der Waals surface area contributed by atoms with E-state index < -0.39 is 11.6 Å². The number of hydrogen-bond acceptors (Lipinski definition) is 5. The van der Waals surface area contributed by atoms with Crippen LogP contribution in [-0.4, -0.2) is 25.4 Å². The fourth-order valence-electron chi connectivity index (χ4n) is 4.56. The second kappa shape index (κ2) is 9.93. The Morgan fingerprint density at radius 3 is 2.73 bits per heavy atom. The Bertz CT molecular complexity index is 1650. The van der Waals surface area contributed by atoms with Crippen LogP contribution in [0.1, 0.15) is 42.1 Å². The van der Waals surface area contributed by atoms with Crippen LogP contribution in [0.5, 0.6) is 0 Å². The fourth-order valence-corrected chi connectivity index (χ4v) is 4.56. The number of ketones is 1. The Labute approximate surface area is 214 Å². The topological polar surface area (TPSA) is 72.2 Å². The molecule has 0 unspecified atom stereocenters. The second-order valence-electron chi connectivity index (χ2n) is 9.50. The monoisotopic (exact) mass is 493 g/mol. The van der Waals surface area contributed by atoms with Crippen molar-refractivity contribution < 1.29 is 9.18 Å². The lowest BCUT2D eigenvalue weighted by Gasteiger charge is -2.14. The third-order valence-corrected chi connectivity index (χ3v) is 6.48. The Kier molecular flexibility index (Phi) is 6.53. The number of aromatic nitrogens is 4. The van der Waals surface area contributed by atoms with Gasteiger partial charge in [-0.05, 0) is 35.4 Å². The number of benzene rings is 2. The molecule has 5 aromatic rings. The first-order valence-electron chi connectivity index (χ1n) is 12.2. The van der Waals surface area contributed by atoms with Crippen molar-refractivity contribution in [2.24, 2.45) is 0 Å². The Morgan fingerprint density at radius 2 is 1.95 bits per heavy atom. The van der Waals surface area contributed by atoms with Crippen LogP contribution in [0.2, 0.25) is 0 Å². The van der Waals surface area contributed by atoms with Crippen LogP contribution < -0.4 is 5.32 Å². The lowest BCUT2D eigenvalue weighted by atomic mass is 9.97. The van der Waals surface area contributed by atoms with Crippen molar-refractivity contribution in [3.8, 4) is 11.3 Å². The average Bonchev–Trinajstić information content (AvgIpc) is 3.31. The molecule has 0 radical (unpaired) electrons. The number of nitrogens with one attached hydrogen (secondary N) is 1. The molecule has 3 aromatic heterocycles. The maximum Gasteiger partial charge on any atom is 0.194 e. The van der Waals surface area contributed by atoms with E-state index in [1.165, 1.54) is 0 Å². The summed E-state index contributed by atoms with van der Waals surface area (Å²) in [5.41, 5.74) is 6.57. The summed E-state index contributed by atoms with van der Waals surface area (Å²) in [6.45, 7) is 9.94. The molecule has 0 aliphatic carbocycles. The first kappa shape index (κ1) is 24.3. The molecule has 0 fully saturated rings. The third kappa shape index (κ3) is 4.85. The van der Waals surface area contributed by atoms with E-state index in [1.54, 1.807) is 6.20 Å². The highest BCUT2D eigenvalue weighted by molar-refractivity contribution is 5.98. The quantitative estimate of drug-likeness (QED) is 0.247. The van der Waals surface area contributed by atoms with Crippen molar-refractivity contribution in [3.05, 3.63) is 102 Å². The number of Topliss-reactive ketones (excluding diaryl/α,β-unsaturated/α-hetero) is 1. The number of halogens is 1. The van der Waals surface area contributed by atoms with Crippen molar-refractivity contribution in [1.82, 2.24) is 19.6 Å². The Hall–Kier alpha value is -4.39. The molecule has 186 valence electrons. The molecular weight excluding hydrogens is 465 g/mol. The van der Waals surface area contributed by atoms with Crippen LogP contribution in [0.4, 0.5) is 10.2 Å². The van der Waals surface area contributed by atoms with E-state index in [-0.39, 0.29) is 6.42 Å². The van der Waals surface area contributed by atoms with Gasteiger partial charge in [-0.3, -0.25) is 9.78 Å². The number of allylic oxidation sites excluding steroid dienone is 1. The van der Waals surface area contributed by atoms with Gasteiger partial charge in [0.05, 0.1) is 11.9 Å². The Morgan fingerprint density at radius 1 is 1.14 bits per heavy atom. The molecule has 0 bridgehead atoms. The van der Waals surface area contributed by atoms with E-state index in [9.17, 15) is 9.18 Å². The molecule has 0 atom stereocenters. The number of nitrogens with zero attached hydrogens (tertiary/aromatic N) is 4. The molecule has 2 aromatic carbocycles. The van der Waals surface area contributed by atoms with Crippen molar-refractivity contribution in [3.63, 3.8) is 0 Å². The van der Waals surface area contributed by atoms with Gasteiger partial charge < -0.3 is 5.32 Å². The number of carbonyl (C=O) groups is 1. The van der Waals surface area contributed by atoms with Gasteiger partial charge in [0.2, 0.25) is 0 Å². The summed E-state index contributed by atoms with van der Waals surface area (Å²) >= 11 is 0. The lowest BCUT2D eigenvalue weighted by Crippen LogP contribution is -2.08. The van der Waals surface area contributed by atoms with Crippen LogP contribution in [0.25, 0.3) is 27.7 Å². The minimum atomic E-state index is -0.922. The molecule has 0 amide bonds. The highest BCUT2D eigenvalue weighted by Gasteiger charge is 2.15. The standard InChI is InChI=1S/C30H28FN5O/c1-18(2)26-17-34-36-28(13-19(3)35-30(26)36)33-16-23-7-5-6-8-24(23)29-25-10-9-21(15-27(37)20(4)31)14-22(25)11-12-32-29/h5-14,17-18,33H,4,15-16H2,1-3H3.